The molecule has 0 unspecified atom stereocenters. The molecule has 1 heterocycles. The van der Waals surface area contributed by atoms with Crippen molar-refractivity contribution in [3.63, 3.8) is 0 Å². The van der Waals surface area contributed by atoms with Gasteiger partial charge in [-0.2, -0.15) is 0 Å². The number of hydrogen-bond acceptors (Lipinski definition) is 3. The normalized spacial score (nSPS) is 12.1. The summed E-state index contributed by atoms with van der Waals surface area (Å²) in [5.74, 6) is 0.195. The number of ether oxygens (including phenoxy) is 1. The van der Waals surface area contributed by atoms with Crippen molar-refractivity contribution >= 4 is 16.9 Å². The maximum atomic E-state index is 12.1. The second-order valence-corrected chi connectivity index (χ2v) is 6.00. The van der Waals surface area contributed by atoms with Crippen molar-refractivity contribution in [3.8, 4) is 11.3 Å². The zero-order valence-electron chi connectivity index (χ0n) is 14.2. The van der Waals surface area contributed by atoms with E-state index in [1.807, 2.05) is 30.3 Å². The fourth-order valence-corrected chi connectivity index (χ4v) is 2.82. The van der Waals surface area contributed by atoms with Crippen molar-refractivity contribution in [1.82, 2.24) is 4.98 Å². The third-order valence-corrected chi connectivity index (χ3v) is 4.51. The van der Waals surface area contributed by atoms with E-state index in [0.29, 0.717) is 11.5 Å². The summed E-state index contributed by atoms with van der Waals surface area (Å²) in [6, 6.07) is 17.9. The highest BCUT2D eigenvalue weighted by Crippen LogP contribution is 2.27. The van der Waals surface area contributed by atoms with Gasteiger partial charge in [0.2, 0.25) is 0 Å². The summed E-state index contributed by atoms with van der Waals surface area (Å²) < 4.78 is 4.93. The molecular formula is C21H21NO2. The van der Waals surface area contributed by atoms with Gasteiger partial charge in [0.05, 0.1) is 23.9 Å². The van der Waals surface area contributed by atoms with Gasteiger partial charge in [0.15, 0.2) is 0 Å². The number of esters is 1. The van der Waals surface area contributed by atoms with Crippen LogP contribution in [0.25, 0.3) is 22.2 Å². The third kappa shape index (κ3) is 3.02. The highest BCUT2D eigenvalue weighted by molar-refractivity contribution is 6.04. The maximum Gasteiger partial charge on any atom is 0.338 e. The van der Waals surface area contributed by atoms with E-state index < -0.39 is 0 Å². The minimum atomic E-state index is -0.342. The Hall–Kier alpha value is -2.68. The predicted octanol–water partition coefficient (Wildman–Crippen LogP) is 5.20. The number of pyridine rings is 1. The molecule has 0 aliphatic carbocycles. The van der Waals surface area contributed by atoms with E-state index in [2.05, 4.69) is 38.1 Å². The van der Waals surface area contributed by atoms with Gasteiger partial charge in [-0.15, -0.1) is 0 Å². The second kappa shape index (κ2) is 6.83. The highest BCUT2D eigenvalue weighted by atomic mass is 16.5. The Morgan fingerprint density at radius 2 is 1.83 bits per heavy atom. The van der Waals surface area contributed by atoms with Crippen LogP contribution in [0.2, 0.25) is 0 Å². The predicted molar refractivity (Wildman–Crippen MR) is 97.2 cm³/mol. The van der Waals surface area contributed by atoms with Crippen LogP contribution in [0, 0.1) is 0 Å². The van der Waals surface area contributed by atoms with Crippen molar-refractivity contribution in [2.75, 3.05) is 7.11 Å². The van der Waals surface area contributed by atoms with Crippen molar-refractivity contribution in [2.24, 2.45) is 0 Å². The van der Waals surface area contributed by atoms with Gasteiger partial charge in [0.1, 0.15) is 0 Å². The average molecular weight is 319 g/mol. The van der Waals surface area contributed by atoms with Gasteiger partial charge in [-0.05, 0) is 30.0 Å². The average Bonchev–Trinajstić information content (AvgIpc) is 2.66. The number of hydrogen-bond donors (Lipinski definition) is 0. The molecule has 0 N–H and O–H groups in total. The highest BCUT2D eigenvalue weighted by Gasteiger charge is 2.14. The molecule has 1 aromatic heterocycles. The molecule has 3 aromatic rings. The molecule has 0 spiro atoms. The van der Waals surface area contributed by atoms with Crippen LogP contribution < -0.4 is 0 Å². The molecule has 2 aromatic carbocycles. The molecule has 0 saturated heterocycles. The monoisotopic (exact) mass is 319 g/mol. The fraction of sp³-hybridized carbons (Fsp3) is 0.238. The summed E-state index contributed by atoms with van der Waals surface area (Å²) in [5.41, 5.74) is 4.43. The van der Waals surface area contributed by atoms with E-state index >= 15 is 0 Å². The molecule has 122 valence electrons. The summed E-state index contributed by atoms with van der Waals surface area (Å²) >= 11 is 0. The Morgan fingerprint density at radius 1 is 1.12 bits per heavy atom. The summed E-state index contributed by atoms with van der Waals surface area (Å²) in [6.45, 7) is 4.41. The van der Waals surface area contributed by atoms with Crippen LogP contribution in [-0.4, -0.2) is 18.1 Å². The number of nitrogens with zero attached hydrogens (tertiary/aromatic N) is 1. The van der Waals surface area contributed by atoms with Crippen molar-refractivity contribution in [3.05, 3.63) is 65.7 Å². The van der Waals surface area contributed by atoms with Crippen LogP contribution in [0.4, 0.5) is 0 Å². The fourth-order valence-electron chi connectivity index (χ4n) is 2.82. The topological polar surface area (TPSA) is 39.2 Å². The number of benzene rings is 2. The Morgan fingerprint density at radius 3 is 2.50 bits per heavy atom. The molecule has 1 atom stereocenters. The minimum absolute atomic E-state index is 0.342. The van der Waals surface area contributed by atoms with E-state index in [1.165, 1.54) is 12.7 Å². The zero-order valence-corrected chi connectivity index (χ0v) is 14.2. The van der Waals surface area contributed by atoms with Crippen molar-refractivity contribution < 1.29 is 9.53 Å². The maximum absolute atomic E-state index is 12.1. The summed E-state index contributed by atoms with van der Waals surface area (Å²) in [5, 5.41) is 0.810. The first-order chi connectivity index (χ1) is 11.6. The first kappa shape index (κ1) is 16.2. The quantitative estimate of drug-likeness (QED) is 0.620. The number of methoxy groups -OCH3 is 1. The van der Waals surface area contributed by atoms with Gasteiger partial charge in [0, 0.05) is 10.9 Å². The van der Waals surface area contributed by atoms with Gasteiger partial charge in [0.25, 0.3) is 0 Å². The smallest absolute Gasteiger partial charge is 0.338 e. The lowest BCUT2D eigenvalue weighted by atomic mass is 9.96. The Bertz CT molecular complexity index is 869. The van der Waals surface area contributed by atoms with Crippen LogP contribution in [-0.2, 0) is 4.74 Å². The van der Waals surface area contributed by atoms with E-state index in [9.17, 15) is 4.79 Å². The molecule has 3 heteroatoms. The van der Waals surface area contributed by atoms with Crippen LogP contribution in [0.15, 0.2) is 54.6 Å². The molecule has 0 aliphatic heterocycles. The molecule has 24 heavy (non-hydrogen) atoms. The molecule has 3 nitrogen and oxygen atoms in total. The molecule has 0 amide bonds. The third-order valence-electron chi connectivity index (χ3n) is 4.51. The van der Waals surface area contributed by atoms with Crippen LogP contribution in [0.5, 0.6) is 0 Å². The summed E-state index contributed by atoms with van der Waals surface area (Å²) in [4.78, 5) is 16.9. The van der Waals surface area contributed by atoms with Crippen LogP contribution >= 0.6 is 0 Å². The van der Waals surface area contributed by atoms with E-state index in [0.717, 1.165) is 28.6 Å². The van der Waals surface area contributed by atoms with Gasteiger partial charge in [-0.1, -0.05) is 56.3 Å². The summed E-state index contributed by atoms with van der Waals surface area (Å²) in [6.07, 6.45) is 1.11. The molecule has 0 radical (unpaired) electrons. The lowest BCUT2D eigenvalue weighted by molar-refractivity contribution is 0.0603. The number of aromatic nitrogens is 1. The Balaban J connectivity index is 2.11. The number of rotatable bonds is 4. The van der Waals surface area contributed by atoms with E-state index in [-0.39, 0.29) is 5.97 Å². The summed E-state index contributed by atoms with van der Waals surface area (Å²) in [7, 11) is 1.40. The standard InChI is InChI=1S/C21H21NO2/c1-4-14(2)15-9-11-16(12-10-15)20-13-18(21(23)24-3)17-7-5-6-8-19(17)22-20/h5-14H,4H2,1-3H3/t14-/m1/s1. The van der Waals surface area contributed by atoms with Crippen molar-refractivity contribution in [1.29, 1.82) is 0 Å². The molecular weight excluding hydrogens is 298 g/mol. The molecule has 3 rings (SSSR count). The number of carbonyl (C=O) groups excluding carboxylic acids is 1. The first-order valence-corrected chi connectivity index (χ1v) is 8.22. The van der Waals surface area contributed by atoms with E-state index in [1.54, 1.807) is 0 Å². The Labute approximate surface area is 142 Å². The minimum Gasteiger partial charge on any atom is -0.465 e. The van der Waals surface area contributed by atoms with Gasteiger partial charge < -0.3 is 4.74 Å². The largest absolute Gasteiger partial charge is 0.465 e. The van der Waals surface area contributed by atoms with Crippen molar-refractivity contribution in [2.45, 2.75) is 26.2 Å². The van der Waals surface area contributed by atoms with E-state index in [4.69, 9.17) is 9.72 Å². The number of fused-ring (bicyclic) bond motifs is 1. The molecule has 0 fully saturated rings. The van der Waals surface area contributed by atoms with Gasteiger partial charge in [-0.25, -0.2) is 9.78 Å². The van der Waals surface area contributed by atoms with Crippen LogP contribution in [0.1, 0.15) is 42.1 Å². The Kier molecular flexibility index (Phi) is 4.61. The lowest BCUT2D eigenvalue weighted by Gasteiger charge is -2.11. The van der Waals surface area contributed by atoms with Crippen LogP contribution in [0.3, 0.4) is 0 Å². The molecule has 0 bridgehead atoms. The molecule has 0 aliphatic rings. The lowest BCUT2D eigenvalue weighted by Crippen LogP contribution is -2.03. The SMILES string of the molecule is CC[C@@H](C)c1ccc(-c2cc(C(=O)OC)c3ccccc3n2)cc1. The number of para-hydroxylation sites is 1. The second-order valence-electron chi connectivity index (χ2n) is 6.00. The molecule has 0 saturated carbocycles. The van der Waals surface area contributed by atoms with Gasteiger partial charge in [-0.3, -0.25) is 0 Å². The first-order valence-electron chi connectivity index (χ1n) is 8.22. The van der Waals surface area contributed by atoms with Gasteiger partial charge >= 0.3 is 5.97 Å². The number of carbonyl (C=O) groups is 1. The zero-order chi connectivity index (χ0) is 17.1.